The van der Waals surface area contributed by atoms with Crippen molar-refractivity contribution in [3.63, 3.8) is 0 Å². The van der Waals surface area contributed by atoms with Crippen LogP contribution in [0.3, 0.4) is 0 Å². The van der Waals surface area contributed by atoms with E-state index in [2.05, 4.69) is 5.32 Å². The van der Waals surface area contributed by atoms with Crippen molar-refractivity contribution in [3.8, 4) is 0 Å². The average molecular weight is 252 g/mol. The Morgan fingerprint density at radius 1 is 1.44 bits per heavy atom. The van der Waals surface area contributed by atoms with Gasteiger partial charge in [-0.05, 0) is 30.5 Å². The molecule has 0 aromatic heterocycles. The Balaban J connectivity index is 1.91. The van der Waals surface area contributed by atoms with Crippen molar-refractivity contribution in [1.82, 2.24) is 5.32 Å². The number of carbonyl (C=O) groups is 1. The van der Waals surface area contributed by atoms with Crippen LogP contribution in [0.2, 0.25) is 0 Å². The third kappa shape index (κ3) is 3.05. The number of ether oxygens (including phenoxy) is 1. The van der Waals surface area contributed by atoms with Crippen LogP contribution in [0.1, 0.15) is 18.4 Å². The second-order valence-corrected chi connectivity index (χ2v) is 4.58. The van der Waals surface area contributed by atoms with Gasteiger partial charge in [-0.2, -0.15) is 0 Å². The van der Waals surface area contributed by atoms with Crippen molar-refractivity contribution < 1.29 is 13.9 Å². The molecule has 2 rings (SSSR count). The monoisotopic (exact) mass is 252 g/mol. The zero-order valence-electron chi connectivity index (χ0n) is 10.1. The molecule has 1 fully saturated rings. The third-order valence-corrected chi connectivity index (χ3v) is 3.18. The first-order valence-corrected chi connectivity index (χ1v) is 5.99. The number of amides is 1. The van der Waals surface area contributed by atoms with Crippen molar-refractivity contribution in [2.24, 2.45) is 5.73 Å². The van der Waals surface area contributed by atoms with E-state index in [4.69, 9.17) is 10.5 Å². The highest BCUT2D eigenvalue weighted by Gasteiger charge is 2.35. The molecule has 1 heterocycles. The lowest BCUT2D eigenvalue weighted by molar-refractivity contribution is -0.129. The lowest BCUT2D eigenvalue weighted by atomic mass is 9.90. The number of nitrogens with one attached hydrogen (secondary N) is 1. The zero-order chi connectivity index (χ0) is 13.0. The fourth-order valence-electron chi connectivity index (χ4n) is 1.97. The minimum Gasteiger partial charge on any atom is -0.381 e. The van der Waals surface area contributed by atoms with Gasteiger partial charge < -0.3 is 15.8 Å². The fraction of sp³-hybridized carbons (Fsp3) is 0.462. The largest absolute Gasteiger partial charge is 0.381 e. The third-order valence-electron chi connectivity index (χ3n) is 3.18. The molecule has 5 heteroatoms. The summed E-state index contributed by atoms with van der Waals surface area (Å²) in [6.07, 6.45) is 1.03. The van der Waals surface area contributed by atoms with E-state index in [1.54, 1.807) is 12.1 Å². The normalized spacial score (nSPS) is 18.3. The van der Waals surface area contributed by atoms with Gasteiger partial charge in [0.25, 0.3) is 0 Å². The van der Waals surface area contributed by atoms with Crippen LogP contribution in [0.4, 0.5) is 4.39 Å². The molecule has 0 unspecified atom stereocenters. The molecule has 18 heavy (non-hydrogen) atoms. The molecule has 0 aliphatic carbocycles. The van der Waals surface area contributed by atoms with E-state index in [0.29, 0.717) is 26.1 Å². The van der Waals surface area contributed by atoms with Crippen LogP contribution in [0.5, 0.6) is 0 Å². The highest BCUT2D eigenvalue weighted by atomic mass is 19.1. The van der Waals surface area contributed by atoms with Gasteiger partial charge in [0.1, 0.15) is 5.82 Å². The summed E-state index contributed by atoms with van der Waals surface area (Å²) in [5.74, 6) is -0.509. The van der Waals surface area contributed by atoms with Crippen molar-refractivity contribution in [2.75, 3.05) is 13.2 Å². The first-order valence-electron chi connectivity index (χ1n) is 5.99. The molecule has 98 valence electrons. The molecule has 0 radical (unpaired) electrons. The summed E-state index contributed by atoms with van der Waals surface area (Å²) >= 11 is 0. The Kier molecular flexibility index (Phi) is 3.93. The second-order valence-electron chi connectivity index (χ2n) is 4.58. The number of rotatable bonds is 3. The van der Waals surface area contributed by atoms with E-state index in [1.807, 2.05) is 0 Å². The van der Waals surface area contributed by atoms with Gasteiger partial charge in [0.2, 0.25) is 5.91 Å². The summed E-state index contributed by atoms with van der Waals surface area (Å²) in [6, 6.07) is 6.14. The second kappa shape index (κ2) is 5.46. The van der Waals surface area contributed by atoms with Crippen LogP contribution in [0.25, 0.3) is 0 Å². The summed E-state index contributed by atoms with van der Waals surface area (Å²) in [5, 5.41) is 2.75. The maximum Gasteiger partial charge on any atom is 0.240 e. The quantitative estimate of drug-likeness (QED) is 0.841. The van der Waals surface area contributed by atoms with Crippen LogP contribution in [-0.2, 0) is 16.1 Å². The molecule has 1 amide bonds. The van der Waals surface area contributed by atoms with Gasteiger partial charge >= 0.3 is 0 Å². The number of halogens is 1. The average Bonchev–Trinajstić information content (AvgIpc) is 2.37. The molecule has 1 saturated heterocycles. The van der Waals surface area contributed by atoms with E-state index < -0.39 is 5.54 Å². The van der Waals surface area contributed by atoms with Gasteiger partial charge in [0.15, 0.2) is 0 Å². The summed E-state index contributed by atoms with van der Waals surface area (Å²) < 4.78 is 18.2. The maximum absolute atomic E-state index is 13.0. The van der Waals surface area contributed by atoms with Crippen molar-refractivity contribution in [2.45, 2.75) is 24.9 Å². The highest BCUT2D eigenvalue weighted by Crippen LogP contribution is 2.17. The minimum atomic E-state index is -0.856. The topological polar surface area (TPSA) is 64.4 Å². The van der Waals surface area contributed by atoms with Crippen LogP contribution in [0, 0.1) is 5.82 Å². The molecule has 1 aromatic rings. The zero-order valence-corrected chi connectivity index (χ0v) is 10.1. The molecule has 3 N–H and O–H groups in total. The standard InChI is InChI=1S/C13H17FN2O2/c14-11-3-1-2-10(8-11)9-16-12(17)13(15)4-6-18-7-5-13/h1-3,8H,4-7,9,15H2,(H,16,17). The Hall–Kier alpha value is -1.46. The molecule has 1 aromatic carbocycles. The molecule has 0 bridgehead atoms. The van der Waals surface area contributed by atoms with Gasteiger partial charge in [-0.1, -0.05) is 12.1 Å². The molecule has 0 saturated carbocycles. The van der Waals surface area contributed by atoms with Crippen molar-refractivity contribution in [3.05, 3.63) is 35.6 Å². The molecular weight excluding hydrogens is 235 g/mol. The molecule has 1 aliphatic rings. The lowest BCUT2D eigenvalue weighted by Crippen LogP contribution is -2.56. The predicted octanol–water partition coefficient (Wildman–Crippen LogP) is 0.950. The predicted molar refractivity (Wildman–Crippen MR) is 65.2 cm³/mol. The van der Waals surface area contributed by atoms with E-state index in [0.717, 1.165) is 5.56 Å². The lowest BCUT2D eigenvalue weighted by Gasteiger charge is -2.31. The van der Waals surface area contributed by atoms with Crippen LogP contribution in [0.15, 0.2) is 24.3 Å². The fourth-order valence-corrected chi connectivity index (χ4v) is 1.97. The SMILES string of the molecule is NC1(C(=O)NCc2cccc(F)c2)CCOCC1. The van der Waals surface area contributed by atoms with Gasteiger partial charge in [0, 0.05) is 19.8 Å². The Morgan fingerprint density at radius 3 is 2.83 bits per heavy atom. The van der Waals surface area contributed by atoms with E-state index >= 15 is 0 Å². The van der Waals surface area contributed by atoms with Gasteiger partial charge in [-0.15, -0.1) is 0 Å². The Morgan fingerprint density at radius 2 is 2.17 bits per heavy atom. The van der Waals surface area contributed by atoms with E-state index in [1.165, 1.54) is 12.1 Å². The van der Waals surface area contributed by atoms with Crippen molar-refractivity contribution in [1.29, 1.82) is 0 Å². The maximum atomic E-state index is 13.0. The van der Waals surface area contributed by atoms with Crippen LogP contribution >= 0.6 is 0 Å². The summed E-state index contributed by atoms with van der Waals surface area (Å²) in [7, 11) is 0. The Bertz CT molecular complexity index is 431. The van der Waals surface area contributed by atoms with Crippen LogP contribution < -0.4 is 11.1 Å². The van der Waals surface area contributed by atoms with Crippen LogP contribution in [-0.4, -0.2) is 24.7 Å². The molecular formula is C13H17FN2O2. The number of hydrogen-bond acceptors (Lipinski definition) is 3. The summed E-state index contributed by atoms with van der Waals surface area (Å²) in [5.41, 5.74) is 5.90. The molecule has 0 atom stereocenters. The number of carbonyl (C=O) groups excluding carboxylic acids is 1. The minimum absolute atomic E-state index is 0.199. The summed E-state index contributed by atoms with van der Waals surface area (Å²) in [6.45, 7) is 1.30. The van der Waals surface area contributed by atoms with Gasteiger partial charge in [-0.25, -0.2) is 4.39 Å². The van der Waals surface area contributed by atoms with E-state index in [9.17, 15) is 9.18 Å². The molecule has 4 nitrogen and oxygen atoms in total. The number of nitrogens with two attached hydrogens (primary N) is 1. The van der Waals surface area contributed by atoms with E-state index in [-0.39, 0.29) is 18.3 Å². The first kappa shape index (κ1) is 13.0. The van der Waals surface area contributed by atoms with Gasteiger partial charge in [-0.3, -0.25) is 4.79 Å². The molecule has 0 spiro atoms. The van der Waals surface area contributed by atoms with Gasteiger partial charge in [0.05, 0.1) is 5.54 Å². The molecule has 1 aliphatic heterocycles. The first-order chi connectivity index (χ1) is 8.60. The highest BCUT2D eigenvalue weighted by molar-refractivity contribution is 5.86. The smallest absolute Gasteiger partial charge is 0.240 e. The number of hydrogen-bond donors (Lipinski definition) is 2. The number of benzene rings is 1. The Labute approximate surface area is 105 Å². The summed E-state index contributed by atoms with van der Waals surface area (Å²) in [4.78, 5) is 12.0. The van der Waals surface area contributed by atoms with Crippen molar-refractivity contribution >= 4 is 5.91 Å².